The summed E-state index contributed by atoms with van der Waals surface area (Å²) in [5.74, 6) is 1.07. The molecule has 0 bridgehead atoms. The minimum Gasteiger partial charge on any atom is -0.493 e. The average Bonchev–Trinajstić information content (AvgIpc) is 3.26. The Balaban J connectivity index is 1.48. The zero-order chi connectivity index (χ0) is 23.9. The van der Waals surface area contributed by atoms with Gasteiger partial charge in [0, 0.05) is 41.9 Å². The van der Waals surface area contributed by atoms with E-state index in [9.17, 15) is 9.59 Å². The number of nitrogens with one attached hydrogen (secondary N) is 1. The number of hydrogen-bond donors (Lipinski definition) is 2. The second-order valence-corrected chi connectivity index (χ2v) is 9.28. The number of ether oxygens (including phenoxy) is 2. The van der Waals surface area contributed by atoms with Crippen LogP contribution in [0.15, 0.2) is 67.0 Å². The highest BCUT2D eigenvalue weighted by molar-refractivity contribution is 8.00. The molecule has 2 unspecified atom stereocenters. The van der Waals surface area contributed by atoms with Gasteiger partial charge in [-0.2, -0.15) is 0 Å². The number of hydrogen-bond acceptors (Lipinski definition) is 7. The standard InChI is InChI=1S/C26H27N3O4S/c1-17(27)22-6-5-19(25(30)29-20-7-10-28-11-8-20)16-23(22)18-3-2-4-21(15-18)32-13-14-34-24-9-12-33-26(24)31/h2-8,10-11,15-17,24H,9,12-14,27H2,1H3,(H,28,29,30). The lowest BCUT2D eigenvalue weighted by molar-refractivity contribution is -0.137. The van der Waals surface area contributed by atoms with Gasteiger partial charge in [0.05, 0.1) is 13.2 Å². The molecule has 1 aromatic heterocycles. The van der Waals surface area contributed by atoms with Crippen molar-refractivity contribution in [2.24, 2.45) is 5.73 Å². The molecule has 1 saturated heterocycles. The summed E-state index contributed by atoms with van der Waals surface area (Å²) in [6, 6.07) is 16.5. The fraction of sp³-hybridized carbons (Fsp3) is 0.269. The molecule has 1 amide bonds. The first-order valence-electron chi connectivity index (χ1n) is 11.1. The van der Waals surface area contributed by atoms with Crippen LogP contribution in [0.1, 0.15) is 35.3 Å². The first-order valence-corrected chi connectivity index (χ1v) is 12.2. The topological polar surface area (TPSA) is 104 Å². The minimum absolute atomic E-state index is 0.0930. The van der Waals surface area contributed by atoms with E-state index < -0.39 is 0 Å². The summed E-state index contributed by atoms with van der Waals surface area (Å²) in [5, 5.41) is 2.79. The number of aromatic nitrogens is 1. The van der Waals surface area contributed by atoms with Crippen LogP contribution in [0.2, 0.25) is 0 Å². The summed E-state index contributed by atoms with van der Waals surface area (Å²) in [6.45, 7) is 2.90. The van der Waals surface area contributed by atoms with Gasteiger partial charge in [-0.25, -0.2) is 0 Å². The lowest BCUT2D eigenvalue weighted by Crippen LogP contribution is -2.13. The molecule has 34 heavy (non-hydrogen) atoms. The van der Waals surface area contributed by atoms with Crippen molar-refractivity contribution in [3.8, 4) is 16.9 Å². The first kappa shape index (κ1) is 23.8. The van der Waals surface area contributed by atoms with Crippen LogP contribution in [0, 0.1) is 0 Å². The van der Waals surface area contributed by atoms with Crippen LogP contribution in [0.5, 0.6) is 5.75 Å². The number of thioether (sulfide) groups is 1. The van der Waals surface area contributed by atoms with Gasteiger partial charge in [-0.15, -0.1) is 11.8 Å². The fourth-order valence-electron chi connectivity index (χ4n) is 3.72. The predicted octanol–water partition coefficient (Wildman–Crippen LogP) is 4.45. The molecule has 0 aliphatic carbocycles. The van der Waals surface area contributed by atoms with Crippen molar-refractivity contribution in [2.75, 3.05) is 24.3 Å². The molecule has 1 fully saturated rings. The number of carbonyl (C=O) groups excluding carboxylic acids is 2. The molecule has 3 aromatic rings. The van der Waals surface area contributed by atoms with E-state index in [-0.39, 0.29) is 23.2 Å². The van der Waals surface area contributed by atoms with Crippen LogP contribution in [0.4, 0.5) is 5.69 Å². The second-order valence-electron chi connectivity index (χ2n) is 7.97. The molecule has 176 valence electrons. The van der Waals surface area contributed by atoms with Crippen LogP contribution in [-0.4, -0.2) is 41.1 Å². The number of nitrogens with two attached hydrogens (primary N) is 1. The predicted molar refractivity (Wildman–Crippen MR) is 134 cm³/mol. The quantitative estimate of drug-likeness (QED) is 0.347. The van der Waals surface area contributed by atoms with Gasteiger partial charge < -0.3 is 20.5 Å². The molecule has 1 aliphatic heterocycles. The van der Waals surface area contributed by atoms with Gasteiger partial charge in [0.25, 0.3) is 5.91 Å². The lowest BCUT2D eigenvalue weighted by atomic mass is 9.93. The van der Waals surface area contributed by atoms with Crippen molar-refractivity contribution in [1.29, 1.82) is 0 Å². The summed E-state index contributed by atoms with van der Waals surface area (Å²) in [5.41, 5.74) is 10.2. The van der Waals surface area contributed by atoms with E-state index in [0.717, 1.165) is 28.9 Å². The smallest absolute Gasteiger partial charge is 0.319 e. The number of cyclic esters (lactones) is 1. The van der Waals surface area contributed by atoms with E-state index >= 15 is 0 Å². The van der Waals surface area contributed by atoms with E-state index in [2.05, 4.69) is 10.3 Å². The summed E-state index contributed by atoms with van der Waals surface area (Å²) in [7, 11) is 0. The Hall–Kier alpha value is -3.36. The number of benzene rings is 2. The Morgan fingerprint density at radius 1 is 1.24 bits per heavy atom. The third-order valence-corrected chi connectivity index (χ3v) is 6.68. The molecule has 1 aliphatic rings. The van der Waals surface area contributed by atoms with E-state index in [1.165, 1.54) is 0 Å². The van der Waals surface area contributed by atoms with Crippen molar-refractivity contribution < 1.29 is 19.1 Å². The molecule has 0 radical (unpaired) electrons. The number of nitrogens with zero attached hydrogens (tertiary/aromatic N) is 1. The minimum atomic E-state index is -0.210. The van der Waals surface area contributed by atoms with Crippen LogP contribution in [-0.2, 0) is 9.53 Å². The number of pyridine rings is 1. The highest BCUT2D eigenvalue weighted by atomic mass is 32.2. The first-order chi connectivity index (χ1) is 16.5. The average molecular weight is 478 g/mol. The maximum absolute atomic E-state index is 12.8. The largest absolute Gasteiger partial charge is 0.493 e. The molecule has 0 spiro atoms. The van der Waals surface area contributed by atoms with Gasteiger partial charge in [0.15, 0.2) is 0 Å². The number of rotatable bonds is 9. The van der Waals surface area contributed by atoms with Crippen LogP contribution in [0.3, 0.4) is 0 Å². The Morgan fingerprint density at radius 2 is 2.06 bits per heavy atom. The van der Waals surface area contributed by atoms with Crippen LogP contribution >= 0.6 is 11.8 Å². The third kappa shape index (κ3) is 5.95. The number of amides is 1. The zero-order valence-electron chi connectivity index (χ0n) is 18.9. The van der Waals surface area contributed by atoms with Gasteiger partial charge >= 0.3 is 5.97 Å². The third-order valence-electron chi connectivity index (χ3n) is 5.45. The van der Waals surface area contributed by atoms with Crippen molar-refractivity contribution in [1.82, 2.24) is 4.98 Å². The molecule has 8 heteroatoms. The molecular formula is C26H27N3O4S. The monoisotopic (exact) mass is 477 g/mol. The molecule has 2 heterocycles. The summed E-state index contributed by atoms with van der Waals surface area (Å²) in [6.07, 6.45) is 4.01. The van der Waals surface area contributed by atoms with Gasteiger partial charge in [0.2, 0.25) is 0 Å². The number of esters is 1. The molecule has 3 N–H and O–H groups in total. The van der Waals surface area contributed by atoms with Crippen LogP contribution < -0.4 is 15.8 Å². The Labute approximate surface area is 203 Å². The van der Waals surface area contributed by atoms with Crippen molar-refractivity contribution >= 4 is 29.3 Å². The molecular weight excluding hydrogens is 450 g/mol. The SMILES string of the molecule is CC(N)c1ccc(C(=O)Nc2ccncc2)cc1-c1cccc(OCCSC2CCOC2=O)c1. The summed E-state index contributed by atoms with van der Waals surface area (Å²) in [4.78, 5) is 28.4. The fourth-order valence-corrected chi connectivity index (χ4v) is 4.65. The zero-order valence-corrected chi connectivity index (χ0v) is 19.7. The summed E-state index contributed by atoms with van der Waals surface area (Å²) >= 11 is 1.56. The molecule has 7 nitrogen and oxygen atoms in total. The van der Waals surface area contributed by atoms with Crippen LogP contribution in [0.25, 0.3) is 11.1 Å². The molecule has 2 atom stereocenters. The van der Waals surface area contributed by atoms with Gasteiger partial charge in [-0.3, -0.25) is 14.6 Å². The van der Waals surface area contributed by atoms with E-state index in [1.807, 2.05) is 43.3 Å². The van der Waals surface area contributed by atoms with E-state index in [0.29, 0.717) is 30.2 Å². The van der Waals surface area contributed by atoms with Gasteiger partial charge in [-0.05, 0) is 60.0 Å². The molecule has 4 rings (SSSR count). The maximum Gasteiger partial charge on any atom is 0.319 e. The Bertz CT molecular complexity index is 1150. The van der Waals surface area contributed by atoms with E-state index in [1.54, 1.807) is 42.4 Å². The molecule has 0 saturated carbocycles. The Kier molecular flexibility index (Phi) is 7.82. The second kappa shape index (κ2) is 11.2. The van der Waals surface area contributed by atoms with Crippen molar-refractivity contribution in [3.63, 3.8) is 0 Å². The number of carbonyl (C=O) groups is 2. The van der Waals surface area contributed by atoms with Gasteiger partial charge in [-0.1, -0.05) is 18.2 Å². The van der Waals surface area contributed by atoms with Crippen molar-refractivity contribution in [2.45, 2.75) is 24.6 Å². The molecule has 2 aromatic carbocycles. The highest BCUT2D eigenvalue weighted by Crippen LogP contribution is 2.31. The van der Waals surface area contributed by atoms with E-state index in [4.69, 9.17) is 15.2 Å². The number of anilines is 1. The van der Waals surface area contributed by atoms with Crippen molar-refractivity contribution in [3.05, 3.63) is 78.1 Å². The highest BCUT2D eigenvalue weighted by Gasteiger charge is 2.26. The Morgan fingerprint density at radius 3 is 2.79 bits per heavy atom. The van der Waals surface area contributed by atoms with Gasteiger partial charge in [0.1, 0.15) is 11.0 Å². The lowest BCUT2D eigenvalue weighted by Gasteiger charge is -2.16. The normalized spacial score (nSPS) is 16.1. The summed E-state index contributed by atoms with van der Waals surface area (Å²) < 4.78 is 10.9. The maximum atomic E-state index is 12.8.